The molecule has 0 heterocycles. The third-order valence-electron chi connectivity index (χ3n) is 3.74. The summed E-state index contributed by atoms with van der Waals surface area (Å²) in [6.45, 7) is 0. The maximum atomic E-state index is 13.5. The van der Waals surface area contributed by atoms with Crippen molar-refractivity contribution in [1.82, 2.24) is 0 Å². The molecule has 2 rings (SSSR count). The maximum Gasteiger partial charge on any atom is 0.307 e. The van der Waals surface area contributed by atoms with E-state index in [1.807, 2.05) is 0 Å². The molecule has 0 saturated heterocycles. The lowest BCUT2D eigenvalue weighted by atomic mass is 9.85. The van der Waals surface area contributed by atoms with Crippen molar-refractivity contribution in [2.75, 3.05) is 0 Å². The van der Waals surface area contributed by atoms with Crippen LogP contribution in [0.3, 0.4) is 0 Å². The van der Waals surface area contributed by atoms with E-state index < -0.39 is 23.5 Å². The summed E-state index contributed by atoms with van der Waals surface area (Å²) >= 11 is 0. The summed E-state index contributed by atoms with van der Waals surface area (Å²) in [5.74, 6) is -2.62. The van der Waals surface area contributed by atoms with Crippen molar-refractivity contribution >= 4 is 5.97 Å². The molecular formula is C14H16F2O2. The van der Waals surface area contributed by atoms with Gasteiger partial charge in [0.2, 0.25) is 0 Å². The zero-order valence-electron chi connectivity index (χ0n) is 10.0. The van der Waals surface area contributed by atoms with Crippen LogP contribution in [0.4, 0.5) is 8.78 Å². The zero-order chi connectivity index (χ0) is 13.1. The highest BCUT2D eigenvalue weighted by Gasteiger charge is 2.31. The van der Waals surface area contributed by atoms with Crippen molar-refractivity contribution in [2.24, 2.45) is 11.8 Å². The van der Waals surface area contributed by atoms with Crippen LogP contribution in [0.2, 0.25) is 0 Å². The van der Waals surface area contributed by atoms with Gasteiger partial charge in [0.15, 0.2) is 0 Å². The molecule has 1 saturated carbocycles. The molecule has 0 amide bonds. The van der Waals surface area contributed by atoms with Crippen LogP contribution in [0.5, 0.6) is 0 Å². The fourth-order valence-corrected chi connectivity index (χ4v) is 2.74. The summed E-state index contributed by atoms with van der Waals surface area (Å²) in [6.07, 6.45) is 4.01. The first-order valence-corrected chi connectivity index (χ1v) is 6.24. The SMILES string of the molecule is O=C(O)C(Cc1ccc(F)cc1F)C1CCCC1. The predicted octanol–water partition coefficient (Wildman–Crippen LogP) is 3.40. The lowest BCUT2D eigenvalue weighted by Gasteiger charge is -2.19. The van der Waals surface area contributed by atoms with E-state index in [9.17, 15) is 18.7 Å². The maximum absolute atomic E-state index is 13.5. The molecule has 0 bridgehead atoms. The van der Waals surface area contributed by atoms with Crippen molar-refractivity contribution in [3.05, 3.63) is 35.4 Å². The van der Waals surface area contributed by atoms with E-state index in [0.29, 0.717) is 0 Å². The Bertz CT molecular complexity index is 439. The van der Waals surface area contributed by atoms with E-state index in [0.717, 1.165) is 31.7 Å². The Morgan fingerprint density at radius 1 is 1.33 bits per heavy atom. The number of halogens is 2. The topological polar surface area (TPSA) is 37.3 Å². The van der Waals surface area contributed by atoms with E-state index in [1.54, 1.807) is 0 Å². The van der Waals surface area contributed by atoms with Gasteiger partial charge in [-0.1, -0.05) is 18.9 Å². The lowest BCUT2D eigenvalue weighted by molar-refractivity contribution is -0.143. The summed E-state index contributed by atoms with van der Waals surface area (Å²) in [4.78, 5) is 11.3. The van der Waals surface area contributed by atoms with Gasteiger partial charge in [-0.3, -0.25) is 4.79 Å². The van der Waals surface area contributed by atoms with Crippen molar-refractivity contribution in [3.8, 4) is 0 Å². The van der Waals surface area contributed by atoms with Crippen molar-refractivity contribution in [1.29, 1.82) is 0 Å². The molecule has 1 unspecified atom stereocenters. The van der Waals surface area contributed by atoms with E-state index in [1.165, 1.54) is 12.1 Å². The van der Waals surface area contributed by atoms with Crippen molar-refractivity contribution in [2.45, 2.75) is 32.1 Å². The van der Waals surface area contributed by atoms with Gasteiger partial charge in [0.25, 0.3) is 0 Å². The van der Waals surface area contributed by atoms with Crippen LogP contribution >= 0.6 is 0 Å². The largest absolute Gasteiger partial charge is 0.481 e. The Balaban J connectivity index is 2.15. The number of carboxylic acid groups (broad SMARTS) is 1. The highest BCUT2D eigenvalue weighted by atomic mass is 19.1. The molecule has 1 atom stereocenters. The number of hydrogen-bond donors (Lipinski definition) is 1. The van der Waals surface area contributed by atoms with Crippen LogP contribution in [0.15, 0.2) is 18.2 Å². The Labute approximate surface area is 105 Å². The molecule has 1 aromatic rings. The van der Waals surface area contributed by atoms with Crippen molar-refractivity contribution < 1.29 is 18.7 Å². The Kier molecular flexibility index (Phi) is 3.94. The molecule has 2 nitrogen and oxygen atoms in total. The molecule has 0 radical (unpaired) electrons. The molecule has 0 aliphatic heterocycles. The van der Waals surface area contributed by atoms with Crippen LogP contribution in [0.25, 0.3) is 0 Å². The normalized spacial score (nSPS) is 17.9. The molecule has 4 heteroatoms. The van der Waals surface area contributed by atoms with Crippen molar-refractivity contribution in [3.63, 3.8) is 0 Å². The third-order valence-corrected chi connectivity index (χ3v) is 3.74. The fraction of sp³-hybridized carbons (Fsp3) is 0.500. The Hall–Kier alpha value is -1.45. The van der Waals surface area contributed by atoms with E-state index >= 15 is 0 Å². The summed E-state index contributed by atoms with van der Waals surface area (Å²) in [5.41, 5.74) is 0.288. The molecule has 1 N–H and O–H groups in total. The summed E-state index contributed by atoms with van der Waals surface area (Å²) in [6, 6.07) is 3.32. The average molecular weight is 254 g/mol. The number of carboxylic acids is 1. The second-order valence-corrected chi connectivity index (χ2v) is 4.93. The molecule has 1 aliphatic carbocycles. The number of benzene rings is 1. The van der Waals surface area contributed by atoms with Gasteiger partial charge in [-0.05, 0) is 36.8 Å². The van der Waals surface area contributed by atoms with Gasteiger partial charge in [0.1, 0.15) is 11.6 Å². The molecule has 1 fully saturated rings. The minimum absolute atomic E-state index is 0.118. The van der Waals surface area contributed by atoms with Crippen LogP contribution < -0.4 is 0 Å². The molecular weight excluding hydrogens is 238 g/mol. The van der Waals surface area contributed by atoms with Gasteiger partial charge in [0, 0.05) is 6.07 Å². The van der Waals surface area contributed by atoms with Gasteiger partial charge in [-0.2, -0.15) is 0 Å². The van der Waals surface area contributed by atoms with E-state index in [2.05, 4.69) is 0 Å². The standard InChI is InChI=1S/C14H16F2O2/c15-11-6-5-10(13(16)8-11)7-12(14(17)18)9-3-1-2-4-9/h5-6,8-9,12H,1-4,7H2,(H,17,18). The molecule has 0 spiro atoms. The fourth-order valence-electron chi connectivity index (χ4n) is 2.74. The van der Waals surface area contributed by atoms with E-state index in [-0.39, 0.29) is 17.9 Å². The monoisotopic (exact) mass is 254 g/mol. The summed E-state index contributed by atoms with van der Waals surface area (Å²) < 4.78 is 26.3. The van der Waals surface area contributed by atoms with Gasteiger partial charge in [-0.25, -0.2) is 8.78 Å². The number of hydrogen-bond acceptors (Lipinski definition) is 1. The lowest BCUT2D eigenvalue weighted by Crippen LogP contribution is -2.24. The molecule has 1 aromatic carbocycles. The third kappa shape index (κ3) is 2.86. The Morgan fingerprint density at radius 3 is 2.56 bits per heavy atom. The second-order valence-electron chi connectivity index (χ2n) is 4.93. The highest BCUT2D eigenvalue weighted by molar-refractivity contribution is 5.70. The van der Waals surface area contributed by atoms with Gasteiger partial charge >= 0.3 is 5.97 Å². The van der Waals surface area contributed by atoms with Gasteiger partial charge in [-0.15, -0.1) is 0 Å². The number of rotatable bonds is 4. The minimum Gasteiger partial charge on any atom is -0.481 e. The van der Waals surface area contributed by atoms with Gasteiger partial charge in [0.05, 0.1) is 5.92 Å². The van der Waals surface area contributed by atoms with Crippen LogP contribution in [-0.4, -0.2) is 11.1 Å². The highest BCUT2D eigenvalue weighted by Crippen LogP contribution is 2.33. The van der Waals surface area contributed by atoms with Crippen LogP contribution in [0.1, 0.15) is 31.2 Å². The quantitative estimate of drug-likeness (QED) is 0.894. The molecule has 1 aliphatic rings. The zero-order valence-corrected chi connectivity index (χ0v) is 10.0. The Morgan fingerprint density at radius 2 is 2.00 bits per heavy atom. The second kappa shape index (κ2) is 5.46. The van der Waals surface area contributed by atoms with Gasteiger partial charge < -0.3 is 5.11 Å². The average Bonchev–Trinajstić information content (AvgIpc) is 2.80. The van der Waals surface area contributed by atoms with Crippen LogP contribution in [0, 0.1) is 23.5 Å². The molecule has 18 heavy (non-hydrogen) atoms. The van der Waals surface area contributed by atoms with Crippen LogP contribution in [-0.2, 0) is 11.2 Å². The summed E-state index contributed by atoms with van der Waals surface area (Å²) in [5, 5.41) is 9.24. The first-order valence-electron chi connectivity index (χ1n) is 6.24. The first-order chi connectivity index (χ1) is 8.58. The molecule has 0 aromatic heterocycles. The smallest absolute Gasteiger partial charge is 0.307 e. The van der Waals surface area contributed by atoms with E-state index in [4.69, 9.17) is 0 Å². The number of carbonyl (C=O) groups is 1. The number of aliphatic carboxylic acids is 1. The minimum atomic E-state index is -0.884. The first kappa shape index (κ1) is 13.0. The molecule has 98 valence electrons. The predicted molar refractivity (Wildman–Crippen MR) is 63.1 cm³/mol. The summed E-state index contributed by atoms with van der Waals surface area (Å²) in [7, 11) is 0.